The summed E-state index contributed by atoms with van der Waals surface area (Å²) in [6, 6.07) is 6.01. The third-order valence-corrected chi connectivity index (χ3v) is 5.09. The van der Waals surface area contributed by atoms with E-state index in [1.165, 1.54) is 12.8 Å². The molecule has 0 spiro atoms. The van der Waals surface area contributed by atoms with E-state index in [9.17, 15) is 0 Å². The summed E-state index contributed by atoms with van der Waals surface area (Å²) in [6.07, 6.45) is 7.50. The molecule has 0 aromatic heterocycles. The summed E-state index contributed by atoms with van der Waals surface area (Å²) in [7, 11) is 0. The van der Waals surface area contributed by atoms with Gasteiger partial charge in [-0.3, -0.25) is 0 Å². The lowest BCUT2D eigenvalue weighted by atomic mass is 9.93. The normalized spacial score (nSPS) is 29.9. The van der Waals surface area contributed by atoms with Crippen molar-refractivity contribution in [3.63, 3.8) is 0 Å². The molecule has 0 saturated heterocycles. The van der Waals surface area contributed by atoms with Crippen molar-refractivity contribution in [2.45, 2.75) is 25.8 Å². The summed E-state index contributed by atoms with van der Waals surface area (Å²) >= 11 is 12.2. The van der Waals surface area contributed by atoms with Crippen LogP contribution in [-0.4, -0.2) is 6.54 Å². The standard InChI is InChI=1S/C16H19Cl2N/c1-10(15-5-4-14(17)8-16(15)18)19-9-13-7-11-2-3-12(13)6-11/h2-5,8,10-13,19H,6-7,9H2,1H3. The molecule has 4 atom stereocenters. The van der Waals surface area contributed by atoms with Crippen LogP contribution < -0.4 is 5.32 Å². The number of nitrogens with one attached hydrogen (secondary N) is 1. The van der Waals surface area contributed by atoms with Crippen LogP contribution in [0.4, 0.5) is 0 Å². The zero-order valence-electron chi connectivity index (χ0n) is 11.1. The Morgan fingerprint density at radius 2 is 2.11 bits per heavy atom. The van der Waals surface area contributed by atoms with Gasteiger partial charge in [-0.1, -0.05) is 41.4 Å². The highest BCUT2D eigenvalue weighted by molar-refractivity contribution is 6.35. The maximum atomic E-state index is 6.25. The van der Waals surface area contributed by atoms with Gasteiger partial charge in [0.1, 0.15) is 0 Å². The molecule has 1 aromatic rings. The largest absolute Gasteiger partial charge is 0.310 e. The van der Waals surface area contributed by atoms with Crippen LogP contribution in [0.3, 0.4) is 0 Å². The number of fused-ring (bicyclic) bond motifs is 2. The molecule has 1 saturated carbocycles. The van der Waals surface area contributed by atoms with Gasteiger partial charge in [-0.2, -0.15) is 0 Å². The number of benzene rings is 1. The molecule has 2 bridgehead atoms. The molecule has 1 nitrogen and oxygen atoms in total. The van der Waals surface area contributed by atoms with Gasteiger partial charge in [0, 0.05) is 16.1 Å². The fourth-order valence-corrected chi connectivity index (χ4v) is 3.99. The molecule has 1 N–H and O–H groups in total. The number of hydrogen-bond acceptors (Lipinski definition) is 1. The summed E-state index contributed by atoms with van der Waals surface area (Å²) in [6.45, 7) is 3.24. The Hall–Kier alpha value is -0.500. The predicted octanol–water partition coefficient (Wildman–Crippen LogP) is 4.86. The van der Waals surface area contributed by atoms with Crippen molar-refractivity contribution in [3.8, 4) is 0 Å². The summed E-state index contributed by atoms with van der Waals surface area (Å²) < 4.78 is 0. The zero-order valence-corrected chi connectivity index (χ0v) is 12.6. The van der Waals surface area contributed by atoms with Crippen LogP contribution in [0.2, 0.25) is 10.0 Å². The van der Waals surface area contributed by atoms with E-state index >= 15 is 0 Å². The van der Waals surface area contributed by atoms with Crippen LogP contribution >= 0.6 is 23.2 Å². The molecular weight excluding hydrogens is 277 g/mol. The quantitative estimate of drug-likeness (QED) is 0.783. The van der Waals surface area contributed by atoms with E-state index in [0.29, 0.717) is 5.02 Å². The Balaban J connectivity index is 1.59. The van der Waals surface area contributed by atoms with Crippen molar-refractivity contribution in [2.24, 2.45) is 17.8 Å². The van der Waals surface area contributed by atoms with E-state index in [1.807, 2.05) is 18.2 Å². The number of allylic oxidation sites excluding steroid dienone is 2. The second-order valence-electron chi connectivity index (χ2n) is 5.84. The average molecular weight is 296 g/mol. The summed E-state index contributed by atoms with van der Waals surface area (Å²) in [5.41, 5.74) is 1.13. The van der Waals surface area contributed by atoms with Gasteiger partial charge in [-0.15, -0.1) is 0 Å². The zero-order chi connectivity index (χ0) is 13.4. The maximum Gasteiger partial charge on any atom is 0.0468 e. The molecule has 2 aliphatic rings. The number of rotatable bonds is 4. The maximum absolute atomic E-state index is 6.25. The van der Waals surface area contributed by atoms with Crippen molar-refractivity contribution >= 4 is 23.2 Å². The minimum Gasteiger partial charge on any atom is -0.310 e. The Labute approximate surface area is 125 Å². The topological polar surface area (TPSA) is 12.0 Å². The van der Waals surface area contributed by atoms with Crippen LogP contribution in [0.1, 0.15) is 31.4 Å². The third-order valence-electron chi connectivity index (χ3n) is 4.53. The van der Waals surface area contributed by atoms with E-state index < -0.39 is 0 Å². The SMILES string of the molecule is CC(NCC1CC2C=CC1C2)c1ccc(Cl)cc1Cl. The molecule has 3 rings (SSSR count). The molecule has 1 aromatic carbocycles. The van der Waals surface area contributed by atoms with Crippen LogP contribution in [0.5, 0.6) is 0 Å². The van der Waals surface area contributed by atoms with E-state index in [-0.39, 0.29) is 6.04 Å². The van der Waals surface area contributed by atoms with Crippen LogP contribution in [0.15, 0.2) is 30.4 Å². The summed E-state index contributed by atoms with van der Waals surface area (Å²) in [5, 5.41) is 5.07. The molecule has 0 aliphatic heterocycles. The van der Waals surface area contributed by atoms with Gasteiger partial charge >= 0.3 is 0 Å². The van der Waals surface area contributed by atoms with Crippen LogP contribution in [0.25, 0.3) is 0 Å². The van der Waals surface area contributed by atoms with Gasteiger partial charge in [0.15, 0.2) is 0 Å². The van der Waals surface area contributed by atoms with Crippen molar-refractivity contribution in [2.75, 3.05) is 6.54 Å². The lowest BCUT2D eigenvalue weighted by Gasteiger charge is -2.22. The van der Waals surface area contributed by atoms with Gasteiger partial charge in [0.25, 0.3) is 0 Å². The fourth-order valence-electron chi connectivity index (χ4n) is 3.42. The third kappa shape index (κ3) is 2.84. The second-order valence-corrected chi connectivity index (χ2v) is 6.68. The van der Waals surface area contributed by atoms with E-state index in [1.54, 1.807) is 0 Å². The highest BCUT2D eigenvalue weighted by Crippen LogP contribution is 2.43. The molecule has 102 valence electrons. The first-order valence-corrected chi connectivity index (χ1v) is 7.75. The fraction of sp³-hybridized carbons (Fsp3) is 0.500. The van der Waals surface area contributed by atoms with Gasteiger partial charge in [-0.25, -0.2) is 0 Å². The van der Waals surface area contributed by atoms with Crippen molar-refractivity contribution in [1.82, 2.24) is 5.32 Å². The minimum absolute atomic E-state index is 0.271. The Bertz CT molecular complexity index is 498. The van der Waals surface area contributed by atoms with E-state index in [4.69, 9.17) is 23.2 Å². The Morgan fingerprint density at radius 1 is 1.26 bits per heavy atom. The molecule has 0 radical (unpaired) electrons. The molecule has 19 heavy (non-hydrogen) atoms. The average Bonchev–Trinajstić information content (AvgIpc) is 2.98. The molecular formula is C16H19Cl2N. The number of hydrogen-bond donors (Lipinski definition) is 1. The first-order valence-electron chi connectivity index (χ1n) is 7.00. The Kier molecular flexibility index (Phi) is 3.88. The molecule has 3 heteroatoms. The monoisotopic (exact) mass is 295 g/mol. The smallest absolute Gasteiger partial charge is 0.0468 e. The van der Waals surface area contributed by atoms with Gasteiger partial charge in [0.2, 0.25) is 0 Å². The van der Waals surface area contributed by atoms with Crippen molar-refractivity contribution in [3.05, 3.63) is 46.0 Å². The lowest BCUT2D eigenvalue weighted by Crippen LogP contribution is -2.28. The minimum atomic E-state index is 0.271. The second kappa shape index (κ2) is 5.47. The first kappa shape index (κ1) is 13.5. The van der Waals surface area contributed by atoms with Crippen molar-refractivity contribution < 1.29 is 0 Å². The van der Waals surface area contributed by atoms with Gasteiger partial charge < -0.3 is 5.32 Å². The van der Waals surface area contributed by atoms with E-state index in [2.05, 4.69) is 24.4 Å². The molecule has 0 heterocycles. The molecule has 4 unspecified atom stereocenters. The molecule has 2 aliphatic carbocycles. The predicted molar refractivity (Wildman–Crippen MR) is 81.7 cm³/mol. The number of halogens is 2. The highest BCUT2D eigenvalue weighted by Gasteiger charge is 2.35. The lowest BCUT2D eigenvalue weighted by molar-refractivity contribution is 0.393. The van der Waals surface area contributed by atoms with E-state index in [0.717, 1.165) is 34.9 Å². The summed E-state index contributed by atoms with van der Waals surface area (Å²) in [4.78, 5) is 0. The van der Waals surface area contributed by atoms with Crippen LogP contribution in [0, 0.1) is 17.8 Å². The first-order chi connectivity index (χ1) is 9.13. The summed E-state index contributed by atoms with van der Waals surface area (Å²) in [5.74, 6) is 2.43. The Morgan fingerprint density at radius 3 is 2.74 bits per heavy atom. The van der Waals surface area contributed by atoms with Gasteiger partial charge in [-0.05, 0) is 61.8 Å². The highest BCUT2D eigenvalue weighted by atomic mass is 35.5. The molecule has 1 fully saturated rings. The van der Waals surface area contributed by atoms with Crippen LogP contribution in [-0.2, 0) is 0 Å². The van der Waals surface area contributed by atoms with Gasteiger partial charge in [0.05, 0.1) is 0 Å². The molecule has 0 amide bonds. The van der Waals surface area contributed by atoms with Crippen molar-refractivity contribution in [1.29, 1.82) is 0 Å².